The van der Waals surface area contributed by atoms with Crippen LogP contribution in [0.15, 0.2) is 0 Å². The molecule has 70 valence electrons. The minimum Gasteiger partial charge on any atom is -0.550 e. The Morgan fingerprint density at radius 2 is 1.83 bits per heavy atom. The molecule has 0 bridgehead atoms. The quantitative estimate of drug-likeness (QED) is 0.466. The second-order valence-corrected chi connectivity index (χ2v) is 2.57. The van der Waals surface area contributed by atoms with Gasteiger partial charge in [-0.1, -0.05) is 0 Å². The highest BCUT2D eigenvalue weighted by Gasteiger charge is 2.12. The van der Waals surface area contributed by atoms with Crippen LogP contribution in [0.4, 0.5) is 0 Å². The average Bonchev–Trinajstić information content (AvgIpc) is 1.83. The largest absolute Gasteiger partial charge is 0.550 e. The van der Waals surface area contributed by atoms with Gasteiger partial charge in [-0.3, -0.25) is 0 Å². The van der Waals surface area contributed by atoms with Crippen molar-refractivity contribution in [3.05, 3.63) is 0 Å². The van der Waals surface area contributed by atoms with Crippen LogP contribution in [0.5, 0.6) is 0 Å². The molecule has 5 heteroatoms. The summed E-state index contributed by atoms with van der Waals surface area (Å²) in [6.45, 7) is 3.20. The zero-order chi connectivity index (χ0) is 9.72. The average molecular weight is 174 g/mol. The van der Waals surface area contributed by atoms with Crippen LogP contribution in [0.2, 0.25) is 0 Å². The Morgan fingerprint density at radius 1 is 1.33 bits per heavy atom. The first-order chi connectivity index (χ1) is 5.43. The lowest BCUT2D eigenvalue weighted by Gasteiger charge is -2.21. The summed E-state index contributed by atoms with van der Waals surface area (Å²) < 4.78 is 4.74. The fourth-order valence-electron chi connectivity index (χ4n) is 0.667. The van der Waals surface area contributed by atoms with Crippen LogP contribution in [-0.4, -0.2) is 24.1 Å². The van der Waals surface area contributed by atoms with Crippen molar-refractivity contribution in [3.63, 3.8) is 0 Å². The van der Waals surface area contributed by atoms with Gasteiger partial charge in [-0.2, -0.15) is 0 Å². The lowest BCUT2D eigenvalue weighted by molar-refractivity contribution is -0.326. The van der Waals surface area contributed by atoms with Crippen molar-refractivity contribution in [3.8, 4) is 0 Å². The molecular formula is C7H10O5-2. The Balaban J connectivity index is 4.04. The molecule has 0 aromatic heterocycles. The van der Waals surface area contributed by atoms with E-state index in [4.69, 9.17) is 4.74 Å². The summed E-state index contributed by atoms with van der Waals surface area (Å²) in [4.78, 5) is 20.3. The van der Waals surface area contributed by atoms with Gasteiger partial charge in [0.1, 0.15) is 6.10 Å². The van der Waals surface area contributed by atoms with Gasteiger partial charge in [0.15, 0.2) is 0 Å². The molecule has 0 saturated heterocycles. The molecule has 0 aliphatic rings. The number of aliphatic carboxylic acids is 2. The van der Waals surface area contributed by atoms with Crippen molar-refractivity contribution in [2.45, 2.75) is 32.5 Å². The molecule has 0 fully saturated rings. The van der Waals surface area contributed by atoms with Crippen molar-refractivity contribution < 1.29 is 24.5 Å². The Morgan fingerprint density at radius 3 is 2.08 bits per heavy atom. The van der Waals surface area contributed by atoms with Crippen LogP contribution in [0, 0.1) is 0 Å². The van der Waals surface area contributed by atoms with Gasteiger partial charge in [0, 0.05) is 12.4 Å². The van der Waals surface area contributed by atoms with Gasteiger partial charge in [-0.05, 0) is 13.8 Å². The predicted octanol–water partition coefficient (Wildman–Crippen LogP) is -2.33. The van der Waals surface area contributed by atoms with E-state index in [1.807, 2.05) is 0 Å². The summed E-state index contributed by atoms with van der Waals surface area (Å²) in [5, 5.41) is 20.3. The normalized spacial score (nSPS) is 12.9. The molecule has 0 heterocycles. The molecule has 1 unspecified atom stereocenters. The maximum Gasteiger partial charge on any atom is 0.102 e. The maximum absolute atomic E-state index is 10.2. The summed E-state index contributed by atoms with van der Waals surface area (Å²) in [5.74, 6) is -3.00. The van der Waals surface area contributed by atoms with Crippen LogP contribution in [0.25, 0.3) is 0 Å². The Bertz CT molecular complexity index is 175. The number of hydrogen-bond donors (Lipinski definition) is 0. The summed E-state index contributed by atoms with van der Waals surface area (Å²) in [6.07, 6.45) is -2.46. The molecule has 1 atom stereocenters. The fraction of sp³-hybridized carbons (Fsp3) is 0.714. The van der Waals surface area contributed by atoms with E-state index in [1.54, 1.807) is 13.8 Å². The second kappa shape index (κ2) is 4.71. The lowest BCUT2D eigenvalue weighted by atomic mass is 10.2. The van der Waals surface area contributed by atoms with Crippen molar-refractivity contribution in [1.29, 1.82) is 0 Å². The van der Waals surface area contributed by atoms with Gasteiger partial charge in [0.2, 0.25) is 0 Å². The topological polar surface area (TPSA) is 89.5 Å². The number of hydrogen-bond acceptors (Lipinski definition) is 5. The van der Waals surface area contributed by atoms with Gasteiger partial charge in [-0.15, -0.1) is 0 Å². The molecule has 0 aromatic rings. The van der Waals surface area contributed by atoms with Gasteiger partial charge >= 0.3 is 0 Å². The number of carbonyl (C=O) groups excluding carboxylic acids is 2. The minimum atomic E-state index is -1.53. The van der Waals surface area contributed by atoms with Crippen LogP contribution >= 0.6 is 0 Å². The van der Waals surface area contributed by atoms with Crippen molar-refractivity contribution in [2.75, 3.05) is 0 Å². The third kappa shape index (κ3) is 4.68. The van der Waals surface area contributed by atoms with E-state index >= 15 is 0 Å². The van der Waals surface area contributed by atoms with Crippen LogP contribution in [0.3, 0.4) is 0 Å². The van der Waals surface area contributed by atoms with Crippen molar-refractivity contribution in [1.82, 2.24) is 0 Å². The van der Waals surface area contributed by atoms with Crippen molar-refractivity contribution >= 4 is 11.9 Å². The Labute approximate surface area is 70.0 Å². The molecular weight excluding hydrogens is 164 g/mol. The monoisotopic (exact) mass is 174 g/mol. The van der Waals surface area contributed by atoms with E-state index < -0.39 is 24.5 Å². The first-order valence-electron chi connectivity index (χ1n) is 3.49. The van der Waals surface area contributed by atoms with Gasteiger partial charge < -0.3 is 24.5 Å². The van der Waals surface area contributed by atoms with Crippen LogP contribution < -0.4 is 10.2 Å². The number of ether oxygens (including phenoxy) is 1. The second-order valence-electron chi connectivity index (χ2n) is 2.57. The Kier molecular flexibility index (Phi) is 4.28. The standard InChI is InChI=1S/C7H12O5/c1-4(2)12-5(7(10)11)3-6(8)9/h4-5H,3H2,1-2H3,(H,8,9)(H,10,11)/p-2. The highest BCUT2D eigenvalue weighted by atomic mass is 16.5. The summed E-state index contributed by atoms with van der Waals surface area (Å²) in [7, 11) is 0. The predicted molar refractivity (Wildman–Crippen MR) is 34.6 cm³/mol. The van der Waals surface area contributed by atoms with E-state index in [2.05, 4.69) is 0 Å². The molecule has 0 amide bonds. The van der Waals surface area contributed by atoms with Crippen molar-refractivity contribution in [2.24, 2.45) is 0 Å². The summed E-state index contributed by atoms with van der Waals surface area (Å²) >= 11 is 0. The van der Waals surface area contributed by atoms with E-state index in [0.29, 0.717) is 0 Å². The molecule has 0 aliphatic heterocycles. The lowest BCUT2D eigenvalue weighted by Crippen LogP contribution is -2.42. The van der Waals surface area contributed by atoms with Crippen LogP contribution in [0.1, 0.15) is 20.3 Å². The smallest absolute Gasteiger partial charge is 0.102 e. The van der Waals surface area contributed by atoms with Gasteiger partial charge in [0.25, 0.3) is 0 Å². The molecule has 0 radical (unpaired) electrons. The molecule has 5 nitrogen and oxygen atoms in total. The summed E-state index contributed by atoms with van der Waals surface area (Å²) in [6, 6.07) is 0. The third-order valence-electron chi connectivity index (χ3n) is 1.05. The van der Waals surface area contributed by atoms with E-state index in [0.717, 1.165) is 0 Å². The molecule has 0 rings (SSSR count). The fourth-order valence-corrected chi connectivity index (χ4v) is 0.667. The Hall–Kier alpha value is -1.10. The SMILES string of the molecule is CC(C)OC(CC(=O)[O-])C(=O)[O-]. The summed E-state index contributed by atoms with van der Waals surface area (Å²) in [5.41, 5.74) is 0. The number of carboxylic acids is 2. The number of carbonyl (C=O) groups is 2. The van der Waals surface area contributed by atoms with E-state index in [-0.39, 0.29) is 6.10 Å². The highest BCUT2D eigenvalue weighted by Crippen LogP contribution is 2.00. The molecule has 0 N–H and O–H groups in total. The highest BCUT2D eigenvalue weighted by molar-refractivity contribution is 5.77. The minimum absolute atomic E-state index is 0.354. The van der Waals surface area contributed by atoms with E-state index in [9.17, 15) is 19.8 Å². The van der Waals surface area contributed by atoms with Gasteiger partial charge in [-0.25, -0.2) is 0 Å². The first kappa shape index (κ1) is 10.9. The first-order valence-corrected chi connectivity index (χ1v) is 3.49. The number of rotatable bonds is 5. The molecule has 0 aliphatic carbocycles. The molecule has 0 aromatic carbocycles. The molecule has 12 heavy (non-hydrogen) atoms. The maximum atomic E-state index is 10.2. The zero-order valence-corrected chi connectivity index (χ0v) is 6.90. The van der Waals surface area contributed by atoms with Crippen LogP contribution in [-0.2, 0) is 14.3 Å². The molecule has 0 saturated carbocycles. The third-order valence-corrected chi connectivity index (χ3v) is 1.05. The number of carboxylic acid groups (broad SMARTS) is 2. The van der Waals surface area contributed by atoms with Gasteiger partial charge in [0.05, 0.1) is 12.1 Å². The zero-order valence-electron chi connectivity index (χ0n) is 6.90. The molecule has 0 spiro atoms. The van der Waals surface area contributed by atoms with E-state index in [1.165, 1.54) is 0 Å².